The van der Waals surface area contributed by atoms with E-state index >= 15 is 0 Å². The Morgan fingerprint density at radius 3 is 1.00 bits per heavy atom. The molecule has 0 fully saturated rings. The van der Waals surface area contributed by atoms with Crippen molar-refractivity contribution in [1.82, 2.24) is 0 Å². The summed E-state index contributed by atoms with van der Waals surface area (Å²) in [5, 5.41) is 0. The zero-order chi connectivity index (χ0) is 21.9. The molecule has 0 N–H and O–H groups in total. The standard InChI is InChI=1S/3C9H11O.Al/c3*1-8(7-10)9-5-3-2-4-6-9;/h3*2-6,8H,7H2,1H3;/q3*-1;+3. The Morgan fingerprint density at radius 2 is 0.742 bits per heavy atom. The summed E-state index contributed by atoms with van der Waals surface area (Å²) in [5.74, 6) is 0.879. The molecule has 3 nitrogen and oxygen atoms in total. The van der Waals surface area contributed by atoms with Crippen molar-refractivity contribution in [2.45, 2.75) is 38.5 Å². The van der Waals surface area contributed by atoms with Crippen molar-refractivity contribution >= 4 is 15.1 Å². The van der Waals surface area contributed by atoms with Crippen LogP contribution in [0.4, 0.5) is 0 Å². The summed E-state index contributed by atoms with van der Waals surface area (Å²) in [6.07, 6.45) is 0. The molecule has 3 atom stereocenters. The van der Waals surface area contributed by atoms with Crippen LogP contribution < -0.4 is 0 Å². The number of hydrogen-bond acceptors (Lipinski definition) is 3. The molecule has 0 aliphatic carbocycles. The summed E-state index contributed by atoms with van der Waals surface area (Å²) in [5.41, 5.74) is 3.81. The van der Waals surface area contributed by atoms with E-state index in [1.165, 1.54) is 16.7 Å². The lowest BCUT2D eigenvalue weighted by atomic mass is 10.0. The minimum atomic E-state index is -2.27. The molecule has 3 rings (SSSR count). The van der Waals surface area contributed by atoms with Crippen LogP contribution in [0.25, 0.3) is 0 Å². The molecule has 0 aliphatic heterocycles. The molecule has 3 aromatic rings. The molecule has 162 valence electrons. The molecular weight excluding hydrogens is 399 g/mol. The van der Waals surface area contributed by atoms with Gasteiger partial charge in [0.15, 0.2) is 0 Å². The van der Waals surface area contributed by atoms with Crippen molar-refractivity contribution < 1.29 is 11.4 Å². The van der Waals surface area contributed by atoms with Gasteiger partial charge in [0.2, 0.25) is 0 Å². The van der Waals surface area contributed by atoms with Gasteiger partial charge < -0.3 is 11.4 Å². The van der Waals surface area contributed by atoms with Crippen molar-refractivity contribution in [3.8, 4) is 0 Å². The Morgan fingerprint density at radius 1 is 0.484 bits per heavy atom. The molecule has 0 bridgehead atoms. The molecule has 0 saturated heterocycles. The Hall–Kier alpha value is -1.93. The molecule has 0 amide bonds. The first-order valence-electron chi connectivity index (χ1n) is 11.1. The van der Waals surface area contributed by atoms with Crippen LogP contribution >= 0.6 is 0 Å². The molecule has 0 saturated carbocycles. The van der Waals surface area contributed by atoms with Crippen LogP contribution in [0.15, 0.2) is 91.0 Å². The van der Waals surface area contributed by atoms with Crippen molar-refractivity contribution in [2.75, 3.05) is 19.8 Å². The second kappa shape index (κ2) is 12.8. The van der Waals surface area contributed by atoms with Crippen molar-refractivity contribution in [2.24, 2.45) is 0 Å². The van der Waals surface area contributed by atoms with Gasteiger partial charge in [-0.05, 0) is 16.7 Å². The van der Waals surface area contributed by atoms with Crippen molar-refractivity contribution in [3.05, 3.63) is 108 Å². The fourth-order valence-electron chi connectivity index (χ4n) is 3.45. The van der Waals surface area contributed by atoms with Gasteiger partial charge in [0.1, 0.15) is 0 Å². The summed E-state index contributed by atoms with van der Waals surface area (Å²) in [4.78, 5) is 0. The lowest BCUT2D eigenvalue weighted by Gasteiger charge is -2.21. The third-order valence-corrected chi connectivity index (χ3v) is 6.95. The lowest BCUT2D eigenvalue weighted by Crippen LogP contribution is -2.31. The Labute approximate surface area is 192 Å². The van der Waals surface area contributed by atoms with Gasteiger partial charge in [-0.25, -0.2) is 0 Å². The van der Waals surface area contributed by atoms with Crippen molar-refractivity contribution in [1.29, 1.82) is 0 Å². The highest BCUT2D eigenvalue weighted by Crippen LogP contribution is 2.19. The Balaban J connectivity index is 1.57. The van der Waals surface area contributed by atoms with E-state index in [2.05, 4.69) is 93.6 Å². The van der Waals surface area contributed by atoms with Crippen LogP contribution in [0.3, 0.4) is 0 Å². The molecule has 4 heteroatoms. The van der Waals surface area contributed by atoms with Crippen LogP contribution in [0.1, 0.15) is 55.2 Å². The zero-order valence-corrected chi connectivity index (χ0v) is 20.0. The predicted molar refractivity (Wildman–Crippen MR) is 128 cm³/mol. The van der Waals surface area contributed by atoms with E-state index in [1.54, 1.807) is 0 Å². The first kappa shape index (κ1) is 23.7. The molecule has 31 heavy (non-hydrogen) atoms. The number of hydrogen-bond donors (Lipinski definition) is 0. The van der Waals surface area contributed by atoms with Gasteiger partial charge in [0.25, 0.3) is 0 Å². The highest BCUT2D eigenvalue weighted by molar-refractivity contribution is 6.36. The third kappa shape index (κ3) is 7.92. The lowest BCUT2D eigenvalue weighted by molar-refractivity contribution is 0.0817. The van der Waals surface area contributed by atoms with Crippen LogP contribution in [0.2, 0.25) is 0 Å². The van der Waals surface area contributed by atoms with Gasteiger partial charge in [0.05, 0.1) is 0 Å². The summed E-state index contributed by atoms with van der Waals surface area (Å²) >= 11 is -2.27. The first-order valence-corrected chi connectivity index (χ1v) is 12.5. The van der Waals surface area contributed by atoms with E-state index < -0.39 is 15.1 Å². The fourth-order valence-corrected chi connectivity index (χ4v) is 5.07. The predicted octanol–water partition coefficient (Wildman–Crippen LogP) is 6.43. The maximum absolute atomic E-state index is 6.23. The average Bonchev–Trinajstić information content (AvgIpc) is 2.84. The molecular formula is C27H33AlO3. The van der Waals surface area contributed by atoms with Crippen LogP contribution in [0, 0.1) is 0 Å². The topological polar surface area (TPSA) is 27.7 Å². The van der Waals surface area contributed by atoms with E-state index in [0.717, 1.165) is 0 Å². The highest BCUT2D eigenvalue weighted by Gasteiger charge is 2.33. The summed E-state index contributed by atoms with van der Waals surface area (Å²) in [7, 11) is 0. The third-order valence-electron chi connectivity index (χ3n) is 5.55. The Bertz CT molecular complexity index is 740. The summed E-state index contributed by atoms with van der Waals surface area (Å²) in [6.45, 7) is 8.33. The average molecular weight is 433 g/mol. The van der Waals surface area contributed by atoms with E-state index in [1.807, 2.05) is 18.2 Å². The maximum Gasteiger partial charge on any atom is 0.905 e. The van der Waals surface area contributed by atoms with Crippen LogP contribution in [0.5, 0.6) is 0 Å². The highest BCUT2D eigenvalue weighted by atomic mass is 27.3. The Kier molecular flexibility index (Phi) is 9.81. The summed E-state index contributed by atoms with van der Waals surface area (Å²) in [6, 6.07) is 31.4. The van der Waals surface area contributed by atoms with E-state index in [0.29, 0.717) is 37.6 Å². The van der Waals surface area contributed by atoms with Crippen LogP contribution in [-0.2, 0) is 11.4 Å². The normalized spacial score (nSPS) is 14.0. The van der Waals surface area contributed by atoms with Gasteiger partial charge in [-0.2, -0.15) is 0 Å². The fraction of sp³-hybridized carbons (Fsp3) is 0.333. The second-order valence-electron chi connectivity index (χ2n) is 8.22. The van der Waals surface area contributed by atoms with Gasteiger partial charge in [-0.15, -0.1) is 0 Å². The molecule has 0 radical (unpaired) electrons. The molecule has 0 aromatic heterocycles. The molecule has 3 unspecified atom stereocenters. The van der Waals surface area contributed by atoms with Gasteiger partial charge in [0, 0.05) is 37.6 Å². The largest absolute Gasteiger partial charge is 0.905 e. The minimum Gasteiger partial charge on any atom is -0.454 e. The van der Waals surface area contributed by atoms with Gasteiger partial charge in [-0.1, -0.05) is 112 Å². The SMILES string of the molecule is CC(C[O][Al]([O]CC(C)c1ccccc1)[O]CC(C)c1ccccc1)c1ccccc1. The van der Waals surface area contributed by atoms with E-state index in [4.69, 9.17) is 11.4 Å². The minimum absolute atomic E-state index is 0.293. The van der Waals surface area contributed by atoms with Gasteiger partial charge in [-0.3, -0.25) is 0 Å². The van der Waals surface area contributed by atoms with E-state index in [-0.39, 0.29) is 0 Å². The quantitative estimate of drug-likeness (QED) is 0.309. The zero-order valence-electron chi connectivity index (χ0n) is 18.8. The van der Waals surface area contributed by atoms with Crippen molar-refractivity contribution in [3.63, 3.8) is 0 Å². The molecule has 3 aromatic carbocycles. The first-order chi connectivity index (χ1) is 15.1. The van der Waals surface area contributed by atoms with Gasteiger partial charge >= 0.3 is 15.1 Å². The maximum atomic E-state index is 6.23. The van der Waals surface area contributed by atoms with E-state index in [9.17, 15) is 0 Å². The monoisotopic (exact) mass is 432 g/mol. The molecule has 0 aliphatic rings. The number of rotatable bonds is 12. The second-order valence-corrected chi connectivity index (χ2v) is 9.80. The van der Waals surface area contributed by atoms with Crippen LogP contribution in [-0.4, -0.2) is 35.0 Å². The summed E-state index contributed by atoms with van der Waals surface area (Å²) < 4.78 is 18.7. The molecule has 0 spiro atoms. The smallest absolute Gasteiger partial charge is 0.454 e. The molecule has 0 heterocycles. The number of benzene rings is 3.